The Kier molecular flexibility index (Phi) is 10.5. The Labute approximate surface area is 126 Å². The molecule has 0 aromatic heterocycles. The van der Waals surface area contributed by atoms with Crippen LogP contribution in [-0.2, 0) is 14.4 Å². The number of rotatable bonds is 14. The number of carboxylic acids is 2. The third kappa shape index (κ3) is 8.48. The second-order valence-corrected chi connectivity index (χ2v) is 5.65. The highest BCUT2D eigenvalue weighted by Crippen LogP contribution is 2.27. The monoisotopic (exact) mass is 300 g/mol. The second kappa shape index (κ2) is 11.3. The summed E-state index contributed by atoms with van der Waals surface area (Å²) < 4.78 is 0. The molecule has 21 heavy (non-hydrogen) atoms. The fourth-order valence-corrected chi connectivity index (χ4v) is 2.40. The molecule has 0 bridgehead atoms. The van der Waals surface area contributed by atoms with Crippen molar-refractivity contribution in [2.24, 2.45) is 5.41 Å². The summed E-state index contributed by atoms with van der Waals surface area (Å²) in [5.41, 5.74) is -1.20. The van der Waals surface area contributed by atoms with Crippen LogP contribution in [0.3, 0.4) is 0 Å². The molecular weight excluding hydrogens is 272 g/mol. The first-order chi connectivity index (χ1) is 9.98. The van der Waals surface area contributed by atoms with E-state index in [0.29, 0.717) is 19.1 Å². The summed E-state index contributed by atoms with van der Waals surface area (Å²) in [4.78, 5) is 32.4. The molecule has 1 unspecified atom stereocenters. The molecule has 2 N–H and O–H groups in total. The summed E-state index contributed by atoms with van der Waals surface area (Å²) >= 11 is 0. The molecule has 0 radical (unpaired) electrons. The number of aliphatic carboxylic acids is 2. The number of carboxylic acid groups (broad SMARTS) is 2. The van der Waals surface area contributed by atoms with Crippen molar-refractivity contribution in [3.05, 3.63) is 0 Å². The Morgan fingerprint density at radius 2 is 1.38 bits per heavy atom. The lowest BCUT2D eigenvalue weighted by Gasteiger charge is -2.20. The second-order valence-electron chi connectivity index (χ2n) is 5.65. The summed E-state index contributed by atoms with van der Waals surface area (Å²) in [7, 11) is 0. The minimum absolute atomic E-state index is 0.250. The van der Waals surface area contributed by atoms with E-state index in [1.165, 1.54) is 0 Å². The molecule has 122 valence electrons. The van der Waals surface area contributed by atoms with Gasteiger partial charge in [-0.2, -0.15) is 0 Å². The summed E-state index contributed by atoms with van der Waals surface area (Å²) in [5, 5.41) is 17.6. The Balaban J connectivity index is 3.57. The zero-order valence-electron chi connectivity index (χ0n) is 13.0. The maximum Gasteiger partial charge on any atom is 0.316 e. The molecule has 0 aliphatic rings. The van der Waals surface area contributed by atoms with E-state index < -0.39 is 17.4 Å². The summed E-state index contributed by atoms with van der Waals surface area (Å²) in [6, 6.07) is 0. The summed E-state index contributed by atoms with van der Waals surface area (Å²) in [5.74, 6) is -1.75. The van der Waals surface area contributed by atoms with Crippen LogP contribution in [0, 0.1) is 5.41 Å². The van der Waals surface area contributed by atoms with Crippen LogP contribution in [-0.4, -0.2) is 28.4 Å². The van der Waals surface area contributed by atoms with Crippen LogP contribution >= 0.6 is 0 Å². The summed E-state index contributed by atoms with van der Waals surface area (Å²) in [6.07, 6.45) is 9.25. The molecular formula is C16H28O5. The average Bonchev–Trinajstić information content (AvgIpc) is 2.44. The molecule has 5 heteroatoms. The van der Waals surface area contributed by atoms with Crippen molar-refractivity contribution in [1.29, 1.82) is 0 Å². The van der Waals surface area contributed by atoms with Gasteiger partial charge in [0, 0.05) is 6.42 Å². The zero-order valence-corrected chi connectivity index (χ0v) is 13.0. The van der Waals surface area contributed by atoms with E-state index in [1.54, 1.807) is 6.92 Å². The largest absolute Gasteiger partial charge is 0.481 e. The van der Waals surface area contributed by atoms with Gasteiger partial charge in [0.15, 0.2) is 0 Å². The van der Waals surface area contributed by atoms with E-state index in [9.17, 15) is 14.4 Å². The fraction of sp³-hybridized carbons (Fsp3) is 0.812. The van der Waals surface area contributed by atoms with Gasteiger partial charge in [0.25, 0.3) is 0 Å². The molecule has 0 aliphatic heterocycles. The lowest BCUT2D eigenvalue weighted by molar-refractivity contribution is -0.152. The topological polar surface area (TPSA) is 91.7 Å². The van der Waals surface area contributed by atoms with Crippen LogP contribution in [0.15, 0.2) is 0 Å². The van der Waals surface area contributed by atoms with Gasteiger partial charge in [-0.15, -0.1) is 0 Å². The van der Waals surface area contributed by atoms with E-state index >= 15 is 0 Å². The third-order valence-electron chi connectivity index (χ3n) is 4.05. The van der Waals surface area contributed by atoms with Gasteiger partial charge in [-0.05, 0) is 19.3 Å². The number of hydrogen-bond acceptors (Lipinski definition) is 3. The molecule has 0 spiro atoms. The van der Waals surface area contributed by atoms with Crippen molar-refractivity contribution in [3.63, 3.8) is 0 Å². The van der Waals surface area contributed by atoms with E-state index in [1.807, 2.05) is 0 Å². The fourth-order valence-electron chi connectivity index (χ4n) is 2.40. The maximum absolute atomic E-state index is 11.1. The molecule has 0 aromatic rings. The summed E-state index contributed by atoms with van der Waals surface area (Å²) in [6.45, 7) is 1.74. The first-order valence-corrected chi connectivity index (χ1v) is 7.90. The van der Waals surface area contributed by atoms with Gasteiger partial charge in [0.2, 0.25) is 0 Å². The van der Waals surface area contributed by atoms with E-state index in [2.05, 4.69) is 0 Å². The molecule has 0 amide bonds. The number of aldehydes is 1. The molecule has 0 saturated carbocycles. The molecule has 0 saturated heterocycles. The quantitative estimate of drug-likeness (QED) is 0.290. The van der Waals surface area contributed by atoms with Crippen molar-refractivity contribution in [3.8, 4) is 0 Å². The van der Waals surface area contributed by atoms with Crippen LogP contribution in [0.5, 0.6) is 0 Å². The smallest absolute Gasteiger partial charge is 0.316 e. The van der Waals surface area contributed by atoms with Crippen LogP contribution in [0.25, 0.3) is 0 Å². The van der Waals surface area contributed by atoms with E-state index in [-0.39, 0.29) is 6.42 Å². The van der Waals surface area contributed by atoms with Gasteiger partial charge >= 0.3 is 11.9 Å². The van der Waals surface area contributed by atoms with Gasteiger partial charge in [-0.25, -0.2) is 0 Å². The van der Waals surface area contributed by atoms with Crippen molar-refractivity contribution >= 4 is 18.2 Å². The van der Waals surface area contributed by atoms with Gasteiger partial charge < -0.3 is 15.0 Å². The molecule has 0 rings (SSSR count). The predicted octanol–water partition coefficient (Wildman–Crippen LogP) is 3.65. The minimum atomic E-state index is -1.20. The zero-order chi connectivity index (χ0) is 16.1. The van der Waals surface area contributed by atoms with Crippen molar-refractivity contribution < 1.29 is 24.6 Å². The minimum Gasteiger partial charge on any atom is -0.481 e. The average molecular weight is 300 g/mol. The number of hydrogen-bond donors (Lipinski definition) is 2. The van der Waals surface area contributed by atoms with Gasteiger partial charge in [-0.1, -0.05) is 51.9 Å². The molecule has 0 heterocycles. The van der Waals surface area contributed by atoms with Gasteiger partial charge in [0.1, 0.15) is 11.7 Å². The van der Waals surface area contributed by atoms with Crippen LogP contribution < -0.4 is 0 Å². The maximum atomic E-state index is 11.1. The number of carbonyl (C=O) groups is 3. The Bertz CT molecular complexity index is 327. The van der Waals surface area contributed by atoms with Crippen LogP contribution in [0.1, 0.15) is 77.6 Å². The van der Waals surface area contributed by atoms with Crippen molar-refractivity contribution in [1.82, 2.24) is 0 Å². The molecule has 1 atom stereocenters. The predicted molar refractivity (Wildman–Crippen MR) is 80.2 cm³/mol. The highest BCUT2D eigenvalue weighted by Gasteiger charge is 2.35. The van der Waals surface area contributed by atoms with Crippen molar-refractivity contribution in [2.45, 2.75) is 77.6 Å². The first kappa shape index (κ1) is 19.6. The lowest BCUT2D eigenvalue weighted by atomic mass is 9.81. The first-order valence-electron chi connectivity index (χ1n) is 7.90. The molecule has 0 aromatic carbocycles. The number of carbonyl (C=O) groups excluding carboxylic acids is 1. The highest BCUT2D eigenvalue weighted by molar-refractivity contribution is 5.91. The molecule has 0 aliphatic carbocycles. The van der Waals surface area contributed by atoms with Crippen LogP contribution in [0.2, 0.25) is 0 Å². The normalized spacial score (nSPS) is 13.6. The Hall–Kier alpha value is -1.39. The SMILES string of the molecule is CCC(C=O)(CCCCCCCCCCC(=O)O)C(=O)O. The Morgan fingerprint density at radius 3 is 1.76 bits per heavy atom. The Morgan fingerprint density at radius 1 is 0.905 bits per heavy atom. The number of unbranched alkanes of at least 4 members (excludes halogenated alkanes) is 7. The van der Waals surface area contributed by atoms with E-state index in [0.717, 1.165) is 51.4 Å². The molecule has 5 nitrogen and oxygen atoms in total. The standard InChI is InChI=1S/C16H28O5/c1-2-16(13-17,15(20)21)12-10-8-6-4-3-5-7-9-11-14(18)19/h13H,2-12H2,1H3,(H,18,19)(H,20,21). The highest BCUT2D eigenvalue weighted by atomic mass is 16.4. The van der Waals surface area contributed by atoms with Gasteiger partial charge in [0.05, 0.1) is 0 Å². The lowest BCUT2D eigenvalue weighted by Crippen LogP contribution is -2.31. The van der Waals surface area contributed by atoms with Crippen LogP contribution in [0.4, 0.5) is 0 Å². The van der Waals surface area contributed by atoms with E-state index in [4.69, 9.17) is 10.2 Å². The van der Waals surface area contributed by atoms with Crippen molar-refractivity contribution in [2.75, 3.05) is 0 Å². The third-order valence-corrected chi connectivity index (χ3v) is 4.05. The molecule has 0 fully saturated rings. The van der Waals surface area contributed by atoms with Gasteiger partial charge in [-0.3, -0.25) is 9.59 Å².